The van der Waals surface area contributed by atoms with Crippen LogP contribution in [0.25, 0.3) is 5.69 Å². The van der Waals surface area contributed by atoms with Crippen LogP contribution in [0.5, 0.6) is 11.5 Å². The molecule has 1 unspecified atom stereocenters. The second kappa shape index (κ2) is 9.63. The Kier molecular flexibility index (Phi) is 6.06. The number of hydrogen-bond donors (Lipinski definition) is 3. The minimum Gasteiger partial charge on any atom is -0.485 e. The molecule has 0 saturated carbocycles. The number of rotatable bonds is 6. The Balaban J connectivity index is 1.30. The topological polar surface area (TPSA) is 138 Å². The number of fused-ring (bicyclic) bond motifs is 1. The van der Waals surface area contributed by atoms with Crippen LogP contribution in [0.2, 0.25) is 0 Å². The molecule has 0 aliphatic carbocycles. The van der Waals surface area contributed by atoms with Crippen LogP contribution in [0.3, 0.4) is 0 Å². The summed E-state index contributed by atoms with van der Waals surface area (Å²) < 4.78 is 12.8. The monoisotopic (exact) mass is 483 g/mol. The van der Waals surface area contributed by atoms with Crippen molar-refractivity contribution < 1.29 is 23.9 Å². The maximum atomic E-state index is 13.0. The largest absolute Gasteiger partial charge is 0.485 e. The van der Waals surface area contributed by atoms with Crippen LogP contribution < -0.4 is 25.8 Å². The molecular formula is C26H21N5O5. The molecule has 1 aromatic heterocycles. The van der Waals surface area contributed by atoms with Crippen molar-refractivity contribution in [3.8, 4) is 17.2 Å². The first-order valence-corrected chi connectivity index (χ1v) is 11.0. The highest BCUT2D eigenvalue weighted by molar-refractivity contribution is 6.07. The molecule has 0 saturated heterocycles. The molecule has 0 radical (unpaired) electrons. The zero-order chi connectivity index (χ0) is 25.1. The lowest BCUT2D eigenvalue weighted by molar-refractivity contribution is -0.125. The van der Waals surface area contributed by atoms with Gasteiger partial charge in [0, 0.05) is 11.3 Å². The summed E-state index contributed by atoms with van der Waals surface area (Å²) in [6.07, 6.45) is 2.24. The number of carbonyl (C=O) groups is 3. The molecule has 1 atom stereocenters. The normalized spacial score (nSPS) is 14.1. The highest BCUT2D eigenvalue weighted by atomic mass is 16.6. The number of para-hydroxylation sites is 3. The van der Waals surface area contributed by atoms with Gasteiger partial charge in [-0.05, 0) is 42.5 Å². The number of anilines is 2. The third-order valence-corrected chi connectivity index (χ3v) is 5.45. The Labute approximate surface area is 205 Å². The van der Waals surface area contributed by atoms with Gasteiger partial charge < -0.3 is 25.8 Å². The molecule has 0 bridgehead atoms. The molecule has 1 aliphatic rings. The van der Waals surface area contributed by atoms with Gasteiger partial charge >= 0.3 is 0 Å². The van der Waals surface area contributed by atoms with Crippen molar-refractivity contribution in [2.24, 2.45) is 5.73 Å². The number of benzene rings is 3. The molecule has 180 valence electrons. The quantitative estimate of drug-likeness (QED) is 0.386. The number of hydrogen-bond acceptors (Lipinski definition) is 6. The predicted molar refractivity (Wildman–Crippen MR) is 131 cm³/mol. The lowest BCUT2D eigenvalue weighted by Crippen LogP contribution is -2.40. The highest BCUT2D eigenvalue weighted by Crippen LogP contribution is 2.31. The van der Waals surface area contributed by atoms with Crippen LogP contribution in [0.4, 0.5) is 11.4 Å². The van der Waals surface area contributed by atoms with Crippen LogP contribution in [0, 0.1) is 0 Å². The van der Waals surface area contributed by atoms with E-state index in [1.165, 1.54) is 16.9 Å². The Morgan fingerprint density at radius 2 is 1.69 bits per heavy atom. The van der Waals surface area contributed by atoms with Crippen LogP contribution in [0.15, 0.2) is 85.2 Å². The molecule has 2 heterocycles. The highest BCUT2D eigenvalue weighted by Gasteiger charge is 2.27. The van der Waals surface area contributed by atoms with E-state index in [1.54, 1.807) is 66.9 Å². The molecule has 3 aromatic carbocycles. The summed E-state index contributed by atoms with van der Waals surface area (Å²) in [5, 5.41) is 9.83. The minimum absolute atomic E-state index is 0.0803. The molecule has 10 heteroatoms. The molecule has 0 spiro atoms. The summed E-state index contributed by atoms with van der Waals surface area (Å²) in [6.45, 7) is 0.0803. The van der Waals surface area contributed by atoms with E-state index in [1.807, 2.05) is 6.07 Å². The number of aromatic nitrogens is 2. The Bertz CT molecular complexity index is 1460. The number of nitrogens with two attached hydrogens (primary N) is 1. The van der Waals surface area contributed by atoms with Crippen molar-refractivity contribution in [1.29, 1.82) is 0 Å². The summed E-state index contributed by atoms with van der Waals surface area (Å²) in [6, 6.07) is 20.3. The van der Waals surface area contributed by atoms with Crippen molar-refractivity contribution in [3.63, 3.8) is 0 Å². The molecular weight excluding hydrogens is 462 g/mol. The maximum absolute atomic E-state index is 13.0. The van der Waals surface area contributed by atoms with Gasteiger partial charge in [0.2, 0.25) is 12.0 Å². The third-order valence-electron chi connectivity index (χ3n) is 5.45. The van der Waals surface area contributed by atoms with E-state index in [0.29, 0.717) is 34.1 Å². The number of primary amides is 1. The van der Waals surface area contributed by atoms with E-state index in [-0.39, 0.29) is 18.1 Å². The van der Waals surface area contributed by atoms with E-state index in [0.717, 1.165) is 0 Å². The molecule has 4 N–H and O–H groups in total. The second-order valence-corrected chi connectivity index (χ2v) is 7.94. The number of nitrogens with zero attached hydrogens (tertiary/aromatic N) is 2. The lowest BCUT2D eigenvalue weighted by Gasteiger charge is -2.25. The molecule has 10 nitrogen and oxygen atoms in total. The Morgan fingerprint density at radius 3 is 2.53 bits per heavy atom. The maximum Gasteiger partial charge on any atom is 0.269 e. The second-order valence-electron chi connectivity index (χ2n) is 7.94. The zero-order valence-corrected chi connectivity index (χ0v) is 18.9. The minimum atomic E-state index is -0.822. The summed E-state index contributed by atoms with van der Waals surface area (Å²) in [4.78, 5) is 37.2. The van der Waals surface area contributed by atoms with Gasteiger partial charge in [0.05, 0.1) is 29.3 Å². The average molecular weight is 483 g/mol. The van der Waals surface area contributed by atoms with E-state index in [2.05, 4.69) is 15.7 Å². The molecule has 3 amide bonds. The van der Waals surface area contributed by atoms with Crippen LogP contribution in [-0.4, -0.2) is 40.2 Å². The van der Waals surface area contributed by atoms with Crippen LogP contribution >= 0.6 is 0 Å². The smallest absolute Gasteiger partial charge is 0.269 e. The summed E-state index contributed by atoms with van der Waals surface area (Å²) >= 11 is 0. The fourth-order valence-electron chi connectivity index (χ4n) is 3.70. The molecule has 1 aliphatic heterocycles. The SMILES string of the molecule is NC(=O)c1cccc(NC(=O)c2ccccc2-n2cc(NC(=O)C3COc4ccccc4O3)cn2)c1. The predicted octanol–water partition coefficient (Wildman–Crippen LogP) is 3.00. The van der Waals surface area contributed by atoms with Gasteiger partial charge in [-0.3, -0.25) is 14.4 Å². The van der Waals surface area contributed by atoms with E-state index in [4.69, 9.17) is 15.2 Å². The van der Waals surface area contributed by atoms with Crippen molar-refractivity contribution in [2.75, 3.05) is 17.2 Å². The van der Waals surface area contributed by atoms with Crippen LogP contribution in [0.1, 0.15) is 20.7 Å². The summed E-state index contributed by atoms with van der Waals surface area (Å²) in [7, 11) is 0. The summed E-state index contributed by atoms with van der Waals surface area (Å²) in [5.41, 5.74) is 7.28. The van der Waals surface area contributed by atoms with Gasteiger partial charge in [-0.1, -0.05) is 30.3 Å². The number of carbonyl (C=O) groups excluding carboxylic acids is 3. The molecule has 36 heavy (non-hydrogen) atoms. The van der Waals surface area contributed by atoms with Gasteiger partial charge in [-0.2, -0.15) is 5.10 Å². The third kappa shape index (κ3) is 4.73. The Morgan fingerprint density at radius 1 is 0.917 bits per heavy atom. The fraction of sp³-hybridized carbons (Fsp3) is 0.0769. The zero-order valence-electron chi connectivity index (χ0n) is 18.9. The van der Waals surface area contributed by atoms with Gasteiger partial charge in [0.15, 0.2) is 11.5 Å². The van der Waals surface area contributed by atoms with E-state index in [9.17, 15) is 14.4 Å². The molecule has 4 aromatic rings. The van der Waals surface area contributed by atoms with Crippen molar-refractivity contribution >= 4 is 29.1 Å². The van der Waals surface area contributed by atoms with Crippen molar-refractivity contribution in [1.82, 2.24) is 9.78 Å². The number of amides is 3. The van der Waals surface area contributed by atoms with Gasteiger partial charge in [0.25, 0.3) is 11.8 Å². The van der Waals surface area contributed by atoms with E-state index >= 15 is 0 Å². The molecule has 5 rings (SSSR count). The summed E-state index contributed by atoms with van der Waals surface area (Å²) in [5.74, 6) is -0.289. The number of ether oxygens (including phenoxy) is 2. The fourth-order valence-corrected chi connectivity index (χ4v) is 3.70. The lowest BCUT2D eigenvalue weighted by atomic mass is 10.1. The standard InChI is InChI=1S/C26H21N5O5/c27-24(32)16-6-5-7-17(12-16)29-25(33)19-8-1-2-9-20(19)31-14-18(13-28-31)30-26(34)23-15-35-21-10-3-4-11-22(21)36-23/h1-14,23H,15H2,(H2,27,32)(H,29,33)(H,30,34). The first-order valence-electron chi connectivity index (χ1n) is 11.0. The van der Waals surface area contributed by atoms with Gasteiger partial charge in [0.1, 0.15) is 6.61 Å². The first-order chi connectivity index (χ1) is 17.5. The van der Waals surface area contributed by atoms with Crippen molar-refractivity contribution in [2.45, 2.75) is 6.10 Å². The Hall–Kier alpha value is -5.12. The van der Waals surface area contributed by atoms with Crippen LogP contribution in [-0.2, 0) is 4.79 Å². The average Bonchev–Trinajstić information content (AvgIpc) is 3.36. The number of nitrogens with one attached hydrogen (secondary N) is 2. The van der Waals surface area contributed by atoms with Gasteiger partial charge in [-0.15, -0.1) is 0 Å². The van der Waals surface area contributed by atoms with Crippen molar-refractivity contribution in [3.05, 3.63) is 96.3 Å². The molecule has 0 fully saturated rings. The first kappa shape index (κ1) is 22.7. The van der Waals surface area contributed by atoms with Gasteiger partial charge in [-0.25, -0.2) is 4.68 Å². The van der Waals surface area contributed by atoms with E-state index < -0.39 is 17.9 Å².